The van der Waals surface area contributed by atoms with Crippen LogP contribution in [0.4, 0.5) is 0 Å². The summed E-state index contributed by atoms with van der Waals surface area (Å²) < 4.78 is 24.5. The Kier molecular flexibility index (Phi) is 7.71. The van der Waals surface area contributed by atoms with E-state index in [0.29, 0.717) is 30.1 Å². The van der Waals surface area contributed by atoms with Crippen LogP contribution in [0.25, 0.3) is 0 Å². The molecule has 3 aromatic rings. The molecule has 1 fully saturated rings. The van der Waals surface area contributed by atoms with Crippen molar-refractivity contribution in [2.75, 3.05) is 13.1 Å². The summed E-state index contributed by atoms with van der Waals surface area (Å²) in [5.41, 5.74) is 5.81. The summed E-state index contributed by atoms with van der Waals surface area (Å²) in [5, 5.41) is 5.94. The maximum Gasteiger partial charge on any atom is 0.276 e. The zero-order valence-electron chi connectivity index (χ0n) is 19.9. The summed E-state index contributed by atoms with van der Waals surface area (Å²) in [6.45, 7) is 4.75. The average Bonchev–Trinajstić information content (AvgIpc) is 2.82. The zero-order valence-corrected chi connectivity index (χ0v) is 21.5. The molecule has 0 unspecified atom stereocenters. The Labute approximate surface area is 212 Å². The molecule has 0 amide bonds. The van der Waals surface area contributed by atoms with Gasteiger partial charge < -0.3 is 0 Å². The maximum atomic E-state index is 13.2. The van der Waals surface area contributed by atoms with Crippen LogP contribution in [0.3, 0.4) is 0 Å². The van der Waals surface area contributed by atoms with Crippen LogP contribution >= 0.6 is 11.6 Å². The predicted octanol–water partition coefficient (Wildman–Crippen LogP) is 5.14. The lowest BCUT2D eigenvalue weighted by Crippen LogP contribution is -2.41. The van der Waals surface area contributed by atoms with E-state index in [1.807, 2.05) is 38.1 Å². The molecule has 1 saturated heterocycles. The molecule has 184 valence electrons. The van der Waals surface area contributed by atoms with Gasteiger partial charge in [-0.1, -0.05) is 41.9 Å². The van der Waals surface area contributed by atoms with Gasteiger partial charge in [0, 0.05) is 47.9 Å². The van der Waals surface area contributed by atoms with Gasteiger partial charge in [-0.15, -0.1) is 0 Å². The molecular formula is C27H30ClN3O3S. The van der Waals surface area contributed by atoms with Gasteiger partial charge in [0.25, 0.3) is 10.2 Å². The molecule has 2 heterocycles. The fourth-order valence-corrected chi connectivity index (χ4v) is 5.85. The first-order valence-electron chi connectivity index (χ1n) is 11.7. The normalized spacial score (nSPS) is 16.2. The van der Waals surface area contributed by atoms with Crippen molar-refractivity contribution in [1.29, 1.82) is 0 Å². The second-order valence-electron chi connectivity index (χ2n) is 9.25. The third-order valence-electron chi connectivity index (χ3n) is 6.84. The van der Waals surface area contributed by atoms with Gasteiger partial charge in [-0.3, -0.25) is 9.78 Å². The molecule has 1 aromatic heterocycles. The molecule has 8 heteroatoms. The molecule has 2 N–H and O–H groups in total. The summed E-state index contributed by atoms with van der Waals surface area (Å²) in [7, 11) is -3.64. The first-order valence-corrected chi connectivity index (χ1v) is 13.6. The number of aromatic nitrogens is 1. The molecule has 0 saturated carbocycles. The minimum atomic E-state index is -3.64. The Bertz CT molecular complexity index is 1320. The smallest absolute Gasteiger partial charge is 0.276 e. The number of carbonyl (C=O) groups excluding carboxylic acids is 1. The number of aryl methyl sites for hydroxylation is 2. The largest absolute Gasteiger partial charge is 0.294 e. The fraction of sp³-hybridized carbons (Fsp3) is 0.333. The van der Waals surface area contributed by atoms with E-state index >= 15 is 0 Å². The Balaban J connectivity index is 1.59. The van der Waals surface area contributed by atoms with Crippen molar-refractivity contribution in [1.82, 2.24) is 9.29 Å². The summed E-state index contributed by atoms with van der Waals surface area (Å²) in [6, 6.07) is 17.8. The van der Waals surface area contributed by atoms with Gasteiger partial charge in [-0.25, -0.2) is 5.14 Å². The van der Waals surface area contributed by atoms with Crippen molar-refractivity contribution in [3.8, 4) is 0 Å². The van der Waals surface area contributed by atoms with Crippen LogP contribution in [0, 0.1) is 13.8 Å². The molecule has 0 bridgehead atoms. The van der Waals surface area contributed by atoms with E-state index in [-0.39, 0.29) is 17.6 Å². The molecule has 35 heavy (non-hydrogen) atoms. The Morgan fingerprint density at radius 1 is 1.09 bits per heavy atom. The zero-order chi connectivity index (χ0) is 25.2. The summed E-state index contributed by atoms with van der Waals surface area (Å²) in [6.07, 6.45) is 3.46. The maximum absolute atomic E-state index is 13.2. The second kappa shape index (κ2) is 10.6. The number of benzene rings is 2. The Morgan fingerprint density at radius 2 is 1.77 bits per heavy atom. The van der Waals surface area contributed by atoms with Crippen molar-refractivity contribution >= 4 is 27.6 Å². The van der Waals surface area contributed by atoms with Crippen molar-refractivity contribution in [3.63, 3.8) is 0 Å². The highest BCUT2D eigenvalue weighted by atomic mass is 35.5. The van der Waals surface area contributed by atoms with Crippen molar-refractivity contribution in [3.05, 3.63) is 99.3 Å². The highest BCUT2D eigenvalue weighted by molar-refractivity contribution is 7.86. The Morgan fingerprint density at radius 3 is 2.37 bits per heavy atom. The quantitative estimate of drug-likeness (QED) is 0.444. The minimum Gasteiger partial charge on any atom is -0.294 e. The average molecular weight is 512 g/mol. The lowest BCUT2D eigenvalue weighted by atomic mass is 9.82. The van der Waals surface area contributed by atoms with Crippen LogP contribution in [0.15, 0.2) is 60.8 Å². The van der Waals surface area contributed by atoms with Gasteiger partial charge in [0.2, 0.25) is 0 Å². The summed E-state index contributed by atoms with van der Waals surface area (Å²) in [4.78, 5) is 17.4. The molecule has 0 aliphatic carbocycles. The van der Waals surface area contributed by atoms with E-state index in [4.69, 9.17) is 16.7 Å². The van der Waals surface area contributed by atoms with E-state index in [2.05, 4.69) is 29.2 Å². The highest BCUT2D eigenvalue weighted by Gasteiger charge is 2.27. The lowest BCUT2D eigenvalue weighted by molar-refractivity contribution is 0.0977. The molecule has 2 aromatic carbocycles. The number of nitrogens with two attached hydrogens (primary N) is 1. The van der Waals surface area contributed by atoms with Crippen LogP contribution in [-0.2, 0) is 10.2 Å². The monoisotopic (exact) mass is 511 g/mol. The van der Waals surface area contributed by atoms with Gasteiger partial charge in [0.1, 0.15) is 0 Å². The molecular weight excluding hydrogens is 482 g/mol. The lowest BCUT2D eigenvalue weighted by Gasteiger charge is -2.30. The standard InChI is InChI=1S/C27H30ClN3O3S/c1-18-15-24(28)7-8-25(18)26(17-27(32)23-9-12-30-19(2)16-23)22-5-3-20(4-6-22)21-10-13-31(14-11-21)35(29,33)34/h3-9,12,15-16,21,26H,10-11,13-14,17H2,1-2H3,(H2,29,33,34)/t26-/m1/s1. The van der Waals surface area contributed by atoms with Gasteiger partial charge in [0.15, 0.2) is 5.78 Å². The minimum absolute atomic E-state index is 0.0642. The van der Waals surface area contributed by atoms with Crippen molar-refractivity contribution in [2.24, 2.45) is 5.14 Å². The molecule has 1 aliphatic rings. The number of ketones is 1. The van der Waals surface area contributed by atoms with Crippen molar-refractivity contribution < 1.29 is 13.2 Å². The van der Waals surface area contributed by atoms with Crippen LogP contribution in [0.2, 0.25) is 5.02 Å². The number of halogens is 1. The van der Waals surface area contributed by atoms with Gasteiger partial charge in [0.05, 0.1) is 0 Å². The third-order valence-corrected chi connectivity index (χ3v) is 8.16. The van der Waals surface area contributed by atoms with Crippen LogP contribution in [0.5, 0.6) is 0 Å². The first-order chi connectivity index (χ1) is 16.6. The summed E-state index contributed by atoms with van der Waals surface area (Å²) >= 11 is 6.21. The molecule has 0 radical (unpaired) electrons. The van der Waals surface area contributed by atoms with Crippen molar-refractivity contribution in [2.45, 2.75) is 44.9 Å². The van der Waals surface area contributed by atoms with E-state index in [0.717, 1.165) is 35.2 Å². The number of hydrogen-bond acceptors (Lipinski definition) is 4. The number of piperidine rings is 1. The van der Waals surface area contributed by atoms with E-state index in [1.54, 1.807) is 12.3 Å². The number of nitrogens with zero attached hydrogens (tertiary/aromatic N) is 2. The predicted molar refractivity (Wildman–Crippen MR) is 139 cm³/mol. The number of pyridine rings is 1. The first kappa shape index (κ1) is 25.5. The van der Waals surface area contributed by atoms with Gasteiger partial charge in [-0.2, -0.15) is 12.7 Å². The van der Waals surface area contributed by atoms with Gasteiger partial charge >= 0.3 is 0 Å². The topological polar surface area (TPSA) is 93.4 Å². The second-order valence-corrected chi connectivity index (χ2v) is 11.2. The van der Waals surface area contributed by atoms with Crippen LogP contribution < -0.4 is 5.14 Å². The van der Waals surface area contributed by atoms with Gasteiger partial charge in [-0.05, 0) is 79.1 Å². The van der Waals surface area contributed by atoms with E-state index < -0.39 is 10.2 Å². The molecule has 1 atom stereocenters. The molecule has 6 nitrogen and oxygen atoms in total. The highest BCUT2D eigenvalue weighted by Crippen LogP contribution is 2.35. The number of rotatable bonds is 7. The molecule has 0 spiro atoms. The SMILES string of the molecule is Cc1cc(C(=O)C[C@H](c2ccc(C3CCN(S(N)(=O)=O)CC3)cc2)c2ccc(Cl)cc2C)ccn1. The number of Topliss-reactive ketones (excluding diaryl/α,β-unsaturated/α-hetero) is 1. The van der Waals surface area contributed by atoms with E-state index in [9.17, 15) is 13.2 Å². The van der Waals surface area contributed by atoms with Crippen LogP contribution in [-0.4, -0.2) is 36.6 Å². The number of hydrogen-bond donors (Lipinski definition) is 1. The molecule has 1 aliphatic heterocycles. The fourth-order valence-electron chi connectivity index (χ4n) is 4.90. The molecule has 4 rings (SSSR count). The van der Waals surface area contributed by atoms with Crippen LogP contribution in [0.1, 0.15) is 69.4 Å². The number of carbonyl (C=O) groups is 1. The van der Waals surface area contributed by atoms with E-state index in [1.165, 1.54) is 9.87 Å². The third kappa shape index (κ3) is 6.16. The Hall–Kier alpha value is -2.58. The summed E-state index contributed by atoms with van der Waals surface area (Å²) in [5.74, 6) is 0.222.